The Morgan fingerprint density at radius 1 is 1.09 bits per heavy atom. The van der Waals surface area contributed by atoms with Crippen LogP contribution in [0.4, 0.5) is 13.2 Å². The highest BCUT2D eigenvalue weighted by molar-refractivity contribution is 5.85. The monoisotopic (exact) mass is 453 g/mol. The van der Waals surface area contributed by atoms with Gasteiger partial charge in [-0.05, 0) is 47.7 Å². The number of benzene rings is 1. The lowest BCUT2D eigenvalue weighted by Gasteiger charge is -2.29. The van der Waals surface area contributed by atoms with Gasteiger partial charge in [-0.15, -0.1) is 0 Å². The van der Waals surface area contributed by atoms with Crippen LogP contribution in [-0.2, 0) is 11.2 Å². The number of alkyl halides is 3. The number of fused-ring (bicyclic) bond motifs is 3. The van der Waals surface area contributed by atoms with E-state index in [1.54, 1.807) is 6.07 Å². The molecule has 3 rings (SSSR count). The third-order valence-electron chi connectivity index (χ3n) is 5.52. The molecule has 1 aliphatic rings. The second-order valence-corrected chi connectivity index (χ2v) is 7.24. The average molecular weight is 453 g/mol. The topological polar surface area (TPSA) is 85.3 Å². The number of aryl methyl sites for hydroxylation is 1. The molecule has 0 unspecified atom stereocenters. The summed E-state index contributed by atoms with van der Waals surface area (Å²) in [7, 11) is 5.29. The van der Waals surface area contributed by atoms with Crippen LogP contribution in [0.1, 0.15) is 23.6 Å². The number of amides is 1. The van der Waals surface area contributed by atoms with Crippen molar-refractivity contribution < 1.29 is 37.3 Å². The van der Waals surface area contributed by atoms with E-state index in [4.69, 9.17) is 14.2 Å². The smallest absolute Gasteiger partial charge is 0.471 e. The third-order valence-corrected chi connectivity index (χ3v) is 5.52. The Morgan fingerprint density at radius 2 is 1.75 bits per heavy atom. The van der Waals surface area contributed by atoms with Crippen molar-refractivity contribution in [2.24, 2.45) is 0 Å². The predicted molar refractivity (Wildman–Crippen MR) is 109 cm³/mol. The molecule has 0 fully saturated rings. The zero-order valence-electron chi connectivity index (χ0n) is 17.9. The normalized spacial score (nSPS) is 15.2. The lowest BCUT2D eigenvalue weighted by Crippen LogP contribution is -2.41. The molecule has 1 aliphatic carbocycles. The summed E-state index contributed by atoms with van der Waals surface area (Å²) in [5.74, 6) is -1.74. The number of methoxy groups -OCH3 is 3. The molecular formula is C22H22F3NO6. The number of carbonyl (C=O) groups excluding carboxylic acids is 1. The molecule has 0 aromatic heterocycles. The van der Waals surface area contributed by atoms with Gasteiger partial charge in [-0.25, -0.2) is 0 Å². The first kappa shape index (κ1) is 23.2. The first-order valence-electron chi connectivity index (χ1n) is 9.58. The molecule has 0 aliphatic heterocycles. The molecule has 0 saturated heterocycles. The highest BCUT2D eigenvalue weighted by Gasteiger charge is 2.44. The zero-order chi connectivity index (χ0) is 23.8. The molecule has 0 heterocycles. The fourth-order valence-corrected chi connectivity index (χ4v) is 4.03. The molecule has 0 spiro atoms. The van der Waals surface area contributed by atoms with Crippen LogP contribution in [0, 0.1) is 0 Å². The van der Waals surface area contributed by atoms with Gasteiger partial charge in [0.2, 0.25) is 11.2 Å². The first-order chi connectivity index (χ1) is 15.0. The molecule has 2 aromatic carbocycles. The van der Waals surface area contributed by atoms with Gasteiger partial charge in [0.15, 0.2) is 17.2 Å². The van der Waals surface area contributed by atoms with Gasteiger partial charge in [-0.1, -0.05) is 6.07 Å². The number of rotatable bonds is 4. The minimum Gasteiger partial charge on any atom is -0.504 e. The summed E-state index contributed by atoms with van der Waals surface area (Å²) in [5.41, 5.74) is 0.839. The second kappa shape index (κ2) is 8.60. The van der Waals surface area contributed by atoms with E-state index in [1.165, 1.54) is 27.4 Å². The van der Waals surface area contributed by atoms with Crippen LogP contribution in [0.5, 0.6) is 23.0 Å². The maximum Gasteiger partial charge on any atom is 0.471 e. The Morgan fingerprint density at radius 3 is 2.31 bits per heavy atom. The summed E-state index contributed by atoms with van der Waals surface area (Å²) in [6.45, 7) is 0. The molecule has 1 N–H and O–H groups in total. The number of hydrogen-bond donors (Lipinski definition) is 1. The Bertz CT molecular complexity index is 1120. The van der Waals surface area contributed by atoms with Gasteiger partial charge in [0.05, 0.1) is 27.4 Å². The molecule has 10 heteroatoms. The van der Waals surface area contributed by atoms with Crippen molar-refractivity contribution in [2.75, 3.05) is 28.4 Å². The van der Waals surface area contributed by atoms with Gasteiger partial charge in [-0.3, -0.25) is 9.59 Å². The number of nitrogens with zero attached hydrogens (tertiary/aromatic N) is 1. The molecule has 1 amide bonds. The van der Waals surface area contributed by atoms with E-state index in [1.807, 2.05) is 0 Å². The van der Waals surface area contributed by atoms with Crippen LogP contribution < -0.4 is 19.6 Å². The number of hydrogen-bond acceptors (Lipinski definition) is 6. The molecule has 172 valence electrons. The van der Waals surface area contributed by atoms with Gasteiger partial charge >= 0.3 is 12.1 Å². The minimum absolute atomic E-state index is 0.0845. The minimum atomic E-state index is -5.09. The Kier molecular flexibility index (Phi) is 6.25. The van der Waals surface area contributed by atoms with E-state index in [2.05, 4.69) is 0 Å². The summed E-state index contributed by atoms with van der Waals surface area (Å²) >= 11 is 0. The second-order valence-electron chi connectivity index (χ2n) is 7.24. The molecule has 0 bridgehead atoms. The van der Waals surface area contributed by atoms with Crippen molar-refractivity contribution in [1.29, 1.82) is 0 Å². The van der Waals surface area contributed by atoms with E-state index < -0.39 is 29.3 Å². The number of halogens is 3. The van der Waals surface area contributed by atoms with Crippen molar-refractivity contribution in [2.45, 2.75) is 25.1 Å². The van der Waals surface area contributed by atoms with Crippen LogP contribution >= 0.6 is 0 Å². The van der Waals surface area contributed by atoms with Crippen molar-refractivity contribution in [3.05, 3.63) is 45.6 Å². The van der Waals surface area contributed by atoms with Gasteiger partial charge in [0.25, 0.3) is 0 Å². The fraction of sp³-hybridized carbons (Fsp3) is 0.364. The molecular weight excluding hydrogens is 431 g/mol. The van der Waals surface area contributed by atoms with E-state index in [0.29, 0.717) is 27.3 Å². The molecule has 7 nitrogen and oxygen atoms in total. The molecule has 32 heavy (non-hydrogen) atoms. The Hall–Kier alpha value is -3.43. The molecule has 2 aromatic rings. The van der Waals surface area contributed by atoms with Crippen LogP contribution in [0.2, 0.25) is 0 Å². The largest absolute Gasteiger partial charge is 0.504 e. The van der Waals surface area contributed by atoms with Crippen molar-refractivity contribution in [1.82, 2.24) is 4.90 Å². The highest BCUT2D eigenvalue weighted by atomic mass is 19.4. The lowest BCUT2D eigenvalue weighted by atomic mass is 9.95. The Labute approximate surface area is 181 Å². The lowest BCUT2D eigenvalue weighted by molar-refractivity contribution is -0.186. The summed E-state index contributed by atoms with van der Waals surface area (Å²) in [6, 6.07) is 4.23. The summed E-state index contributed by atoms with van der Waals surface area (Å²) < 4.78 is 55.9. The third kappa shape index (κ3) is 3.92. The van der Waals surface area contributed by atoms with E-state index in [9.17, 15) is 27.9 Å². The predicted octanol–water partition coefficient (Wildman–Crippen LogP) is 3.45. The maximum absolute atomic E-state index is 13.2. The van der Waals surface area contributed by atoms with E-state index in [0.717, 1.165) is 19.2 Å². The number of aromatic hydroxyl groups is 1. The van der Waals surface area contributed by atoms with Crippen LogP contribution in [0.3, 0.4) is 0 Å². The SMILES string of the molecule is COc1cc2c(c(OC)c1OC)-c1ccc(O)c(=O)cc1[C@H](N(C)C(=O)C(F)(F)F)CC2. The molecule has 0 radical (unpaired) electrons. The van der Waals surface area contributed by atoms with Crippen LogP contribution in [-0.4, -0.2) is 50.5 Å². The van der Waals surface area contributed by atoms with E-state index in [-0.39, 0.29) is 29.9 Å². The number of ether oxygens (including phenoxy) is 3. The maximum atomic E-state index is 13.2. The van der Waals surface area contributed by atoms with E-state index >= 15 is 0 Å². The van der Waals surface area contributed by atoms with Gasteiger partial charge in [0, 0.05) is 12.6 Å². The van der Waals surface area contributed by atoms with Crippen molar-refractivity contribution >= 4 is 5.91 Å². The zero-order valence-corrected chi connectivity index (χ0v) is 17.9. The van der Waals surface area contributed by atoms with Gasteiger partial charge in [0.1, 0.15) is 0 Å². The van der Waals surface area contributed by atoms with Crippen molar-refractivity contribution in [3.8, 4) is 34.1 Å². The summed E-state index contributed by atoms with van der Waals surface area (Å²) in [5, 5.41) is 9.98. The van der Waals surface area contributed by atoms with Gasteiger partial charge < -0.3 is 24.2 Å². The Balaban J connectivity index is 2.38. The molecule has 1 atom stereocenters. The average Bonchev–Trinajstić information content (AvgIpc) is 2.99. The fourth-order valence-electron chi connectivity index (χ4n) is 4.03. The first-order valence-corrected chi connectivity index (χ1v) is 9.58. The standard InChI is InChI=1S/C22H22F3NO6/c1-26(21(29)22(23,24)25)14-7-5-11-9-17(30-2)19(31-3)20(32-4)18(11)12-6-8-15(27)16(28)10-13(12)14/h6,8-10,14H,5,7H2,1-4H3,(H,27,28)/t14-/m1/s1. The van der Waals surface area contributed by atoms with Crippen LogP contribution in [0.15, 0.2) is 29.1 Å². The highest BCUT2D eigenvalue weighted by Crippen LogP contribution is 2.51. The van der Waals surface area contributed by atoms with Crippen LogP contribution in [0.25, 0.3) is 11.1 Å². The molecule has 0 saturated carbocycles. The summed E-state index contributed by atoms with van der Waals surface area (Å²) in [4.78, 5) is 25.0. The summed E-state index contributed by atoms with van der Waals surface area (Å²) in [6.07, 6.45) is -4.75. The quantitative estimate of drug-likeness (QED) is 0.764. The van der Waals surface area contributed by atoms with Gasteiger partial charge in [-0.2, -0.15) is 13.2 Å². The van der Waals surface area contributed by atoms with Crippen molar-refractivity contribution in [3.63, 3.8) is 0 Å². The number of carbonyl (C=O) groups is 1.